The Morgan fingerprint density at radius 2 is 1.85 bits per heavy atom. The SMILES string of the molecule is Cc1cccc(CS(=O)(=O)c2ncc(CN(CC(C)C)C(=O)C(C)C)n2C2CCCCC2)c1. The van der Waals surface area contributed by atoms with E-state index in [1.165, 1.54) is 6.42 Å². The Morgan fingerprint density at radius 3 is 2.45 bits per heavy atom. The van der Waals surface area contributed by atoms with Crippen molar-refractivity contribution in [2.75, 3.05) is 6.54 Å². The predicted molar refractivity (Wildman–Crippen MR) is 132 cm³/mol. The number of aromatic nitrogens is 2. The largest absolute Gasteiger partial charge is 0.336 e. The van der Waals surface area contributed by atoms with E-state index in [0.717, 1.165) is 42.5 Å². The van der Waals surface area contributed by atoms with Gasteiger partial charge in [0.25, 0.3) is 0 Å². The van der Waals surface area contributed by atoms with E-state index < -0.39 is 9.84 Å². The zero-order valence-corrected chi connectivity index (χ0v) is 21.6. The highest BCUT2D eigenvalue weighted by atomic mass is 32.2. The molecule has 1 fully saturated rings. The molecule has 7 heteroatoms. The van der Waals surface area contributed by atoms with Crippen molar-refractivity contribution in [1.29, 1.82) is 0 Å². The lowest BCUT2D eigenvalue weighted by Crippen LogP contribution is -2.37. The molecule has 0 atom stereocenters. The molecular weight excluding hydrogens is 434 g/mol. The molecular formula is C26H39N3O3S. The molecule has 1 aromatic heterocycles. The molecule has 0 aliphatic heterocycles. The van der Waals surface area contributed by atoms with Crippen LogP contribution < -0.4 is 0 Å². The molecule has 1 aromatic carbocycles. The Morgan fingerprint density at radius 1 is 1.15 bits per heavy atom. The van der Waals surface area contributed by atoms with Gasteiger partial charge in [-0.15, -0.1) is 0 Å². The molecule has 6 nitrogen and oxygen atoms in total. The summed E-state index contributed by atoms with van der Waals surface area (Å²) in [6.45, 7) is 11.0. The third-order valence-electron chi connectivity index (χ3n) is 6.24. The van der Waals surface area contributed by atoms with Gasteiger partial charge in [-0.05, 0) is 31.2 Å². The third-order valence-corrected chi connectivity index (χ3v) is 7.81. The van der Waals surface area contributed by atoms with E-state index in [1.807, 2.05) is 54.5 Å². The lowest BCUT2D eigenvalue weighted by Gasteiger charge is -2.30. The molecule has 0 spiro atoms. The molecule has 3 rings (SSSR count). The molecule has 1 heterocycles. The fourth-order valence-electron chi connectivity index (χ4n) is 4.77. The van der Waals surface area contributed by atoms with E-state index in [1.54, 1.807) is 6.20 Å². The number of carbonyl (C=O) groups is 1. The van der Waals surface area contributed by atoms with Crippen LogP contribution in [-0.4, -0.2) is 35.3 Å². The summed E-state index contributed by atoms with van der Waals surface area (Å²) < 4.78 is 29.0. The average molecular weight is 474 g/mol. The first-order chi connectivity index (χ1) is 15.6. The van der Waals surface area contributed by atoms with Gasteiger partial charge in [0.15, 0.2) is 0 Å². The van der Waals surface area contributed by atoms with Crippen molar-refractivity contribution in [3.05, 3.63) is 47.3 Å². The second-order valence-corrected chi connectivity index (χ2v) is 12.1. The number of benzene rings is 1. The number of imidazole rings is 1. The number of hydrogen-bond acceptors (Lipinski definition) is 4. The highest BCUT2D eigenvalue weighted by Crippen LogP contribution is 2.33. The first-order valence-electron chi connectivity index (χ1n) is 12.2. The van der Waals surface area contributed by atoms with Crippen molar-refractivity contribution in [2.24, 2.45) is 11.8 Å². The Labute approximate surface area is 199 Å². The number of sulfone groups is 1. The second-order valence-electron chi connectivity index (χ2n) is 10.2. The summed E-state index contributed by atoms with van der Waals surface area (Å²) >= 11 is 0. The number of rotatable bonds is 9. The Balaban J connectivity index is 2.00. The van der Waals surface area contributed by atoms with E-state index in [0.29, 0.717) is 19.0 Å². The van der Waals surface area contributed by atoms with Gasteiger partial charge in [-0.2, -0.15) is 0 Å². The highest BCUT2D eigenvalue weighted by molar-refractivity contribution is 7.90. The zero-order valence-electron chi connectivity index (χ0n) is 20.8. The molecule has 0 saturated heterocycles. The lowest BCUT2D eigenvalue weighted by molar-refractivity contribution is -0.135. The van der Waals surface area contributed by atoms with Crippen molar-refractivity contribution in [3.8, 4) is 0 Å². The Hall–Kier alpha value is -2.15. The van der Waals surface area contributed by atoms with Crippen molar-refractivity contribution in [3.63, 3.8) is 0 Å². The van der Waals surface area contributed by atoms with Crippen LogP contribution in [0.15, 0.2) is 35.6 Å². The molecule has 33 heavy (non-hydrogen) atoms. The second kappa shape index (κ2) is 10.9. The standard InChI is InChI=1S/C26H39N3O3S/c1-19(2)16-28(25(30)20(3)4)17-24-15-27-26(29(24)23-12-7-6-8-13-23)33(31,32)18-22-11-9-10-21(5)14-22/h9-11,14-15,19-20,23H,6-8,12-13,16-18H2,1-5H3. The van der Waals surface area contributed by atoms with Crippen LogP contribution in [0.5, 0.6) is 0 Å². The van der Waals surface area contributed by atoms with Crippen LogP contribution in [0.2, 0.25) is 0 Å². The first-order valence-corrected chi connectivity index (χ1v) is 13.9. The van der Waals surface area contributed by atoms with Gasteiger partial charge in [0.05, 0.1) is 24.2 Å². The summed E-state index contributed by atoms with van der Waals surface area (Å²) in [6, 6.07) is 7.73. The van der Waals surface area contributed by atoms with E-state index in [-0.39, 0.29) is 28.8 Å². The Bertz CT molecular complexity index is 1050. The van der Waals surface area contributed by atoms with E-state index in [2.05, 4.69) is 18.8 Å². The minimum Gasteiger partial charge on any atom is -0.336 e. The van der Waals surface area contributed by atoms with Gasteiger partial charge in [-0.1, -0.05) is 76.8 Å². The summed E-state index contributed by atoms with van der Waals surface area (Å²) in [5.41, 5.74) is 2.63. The van der Waals surface area contributed by atoms with Crippen molar-refractivity contribution >= 4 is 15.7 Å². The summed E-state index contributed by atoms with van der Waals surface area (Å²) in [5, 5.41) is 0.146. The minimum atomic E-state index is -3.64. The molecule has 0 radical (unpaired) electrons. The van der Waals surface area contributed by atoms with Gasteiger partial charge in [0.1, 0.15) is 0 Å². The molecule has 1 aliphatic carbocycles. The van der Waals surface area contributed by atoms with Gasteiger partial charge in [0, 0.05) is 18.5 Å². The lowest BCUT2D eigenvalue weighted by atomic mass is 9.95. The number of hydrogen-bond donors (Lipinski definition) is 0. The summed E-state index contributed by atoms with van der Waals surface area (Å²) in [6.07, 6.45) is 6.91. The predicted octanol–water partition coefficient (Wildman–Crippen LogP) is 5.31. The zero-order chi connectivity index (χ0) is 24.2. The maximum atomic E-state index is 13.5. The van der Waals surface area contributed by atoms with Gasteiger partial charge in [-0.25, -0.2) is 13.4 Å². The van der Waals surface area contributed by atoms with Crippen molar-refractivity contribution in [1.82, 2.24) is 14.5 Å². The summed E-state index contributed by atoms with van der Waals surface area (Å²) in [7, 11) is -3.64. The summed E-state index contributed by atoms with van der Waals surface area (Å²) in [4.78, 5) is 19.2. The molecule has 0 bridgehead atoms. The van der Waals surface area contributed by atoms with Crippen LogP contribution in [0.25, 0.3) is 0 Å². The quantitative estimate of drug-likeness (QED) is 0.495. The fourth-order valence-corrected chi connectivity index (χ4v) is 6.30. The topological polar surface area (TPSA) is 72.3 Å². The molecule has 1 aliphatic rings. The molecule has 1 saturated carbocycles. The molecule has 0 N–H and O–H groups in total. The van der Waals surface area contributed by atoms with Crippen molar-refractivity contribution < 1.29 is 13.2 Å². The van der Waals surface area contributed by atoms with Crippen LogP contribution in [0.4, 0.5) is 0 Å². The van der Waals surface area contributed by atoms with E-state index in [4.69, 9.17) is 0 Å². The molecule has 0 unspecified atom stereocenters. The van der Waals surface area contributed by atoms with E-state index in [9.17, 15) is 13.2 Å². The minimum absolute atomic E-state index is 0.0709. The van der Waals surface area contributed by atoms with Crippen LogP contribution in [0, 0.1) is 18.8 Å². The van der Waals surface area contributed by atoms with E-state index >= 15 is 0 Å². The third kappa shape index (κ3) is 6.46. The van der Waals surface area contributed by atoms with Crippen LogP contribution in [-0.2, 0) is 26.9 Å². The number of carbonyl (C=O) groups excluding carboxylic acids is 1. The van der Waals surface area contributed by atoms with Crippen LogP contribution in [0.1, 0.15) is 82.7 Å². The molecule has 2 aromatic rings. The highest BCUT2D eigenvalue weighted by Gasteiger charge is 2.30. The maximum absolute atomic E-state index is 13.5. The summed E-state index contributed by atoms with van der Waals surface area (Å²) in [5.74, 6) is 0.227. The van der Waals surface area contributed by atoms with Crippen molar-refractivity contribution in [2.45, 2.75) is 90.2 Å². The first kappa shape index (κ1) is 25.5. The fraction of sp³-hybridized carbons (Fsp3) is 0.615. The average Bonchev–Trinajstić information content (AvgIpc) is 3.17. The van der Waals surface area contributed by atoms with Gasteiger partial charge < -0.3 is 9.47 Å². The Kier molecular flexibility index (Phi) is 8.38. The smallest absolute Gasteiger partial charge is 0.228 e. The van der Waals surface area contributed by atoms with Crippen LogP contribution >= 0.6 is 0 Å². The monoisotopic (exact) mass is 473 g/mol. The number of nitrogens with zero attached hydrogens (tertiary/aromatic N) is 3. The van der Waals surface area contributed by atoms with Gasteiger partial charge in [-0.3, -0.25) is 4.79 Å². The maximum Gasteiger partial charge on any atom is 0.228 e. The molecule has 1 amide bonds. The number of aryl methyl sites for hydroxylation is 1. The molecule has 182 valence electrons. The van der Waals surface area contributed by atoms with Gasteiger partial charge >= 0.3 is 0 Å². The number of amides is 1. The van der Waals surface area contributed by atoms with Gasteiger partial charge in [0.2, 0.25) is 20.9 Å². The normalized spacial score (nSPS) is 15.4. The van der Waals surface area contributed by atoms with Crippen LogP contribution in [0.3, 0.4) is 0 Å².